The first-order valence-corrected chi connectivity index (χ1v) is 11.0. The summed E-state index contributed by atoms with van der Waals surface area (Å²) in [6.07, 6.45) is 8.68. The number of piperidine rings is 1. The van der Waals surface area contributed by atoms with Crippen molar-refractivity contribution in [2.24, 2.45) is 11.8 Å². The molecule has 2 amide bonds. The van der Waals surface area contributed by atoms with Gasteiger partial charge in [0.15, 0.2) is 0 Å². The van der Waals surface area contributed by atoms with Crippen LogP contribution < -0.4 is 5.32 Å². The molecule has 5 nitrogen and oxygen atoms in total. The Hall–Kier alpha value is -1.88. The lowest BCUT2D eigenvalue weighted by atomic mass is 9.93. The average Bonchev–Trinajstić information content (AvgIpc) is 3.23. The number of hydrogen-bond acceptors (Lipinski definition) is 3. The summed E-state index contributed by atoms with van der Waals surface area (Å²) < 4.78 is 0. The summed E-state index contributed by atoms with van der Waals surface area (Å²) in [5.41, 5.74) is 1.22. The van der Waals surface area contributed by atoms with Crippen molar-refractivity contribution in [2.45, 2.75) is 51.0 Å². The Morgan fingerprint density at radius 3 is 2.29 bits per heavy atom. The van der Waals surface area contributed by atoms with Crippen LogP contribution in [0.15, 0.2) is 30.3 Å². The van der Waals surface area contributed by atoms with E-state index in [-0.39, 0.29) is 11.9 Å². The molecule has 1 aromatic carbocycles. The molecular weight excluding hydrogens is 350 g/mol. The number of amides is 2. The molecule has 1 N–H and O–H groups in total. The maximum absolute atomic E-state index is 12.6. The number of benzene rings is 1. The van der Waals surface area contributed by atoms with Gasteiger partial charge in [-0.1, -0.05) is 43.2 Å². The highest BCUT2D eigenvalue weighted by atomic mass is 16.2. The van der Waals surface area contributed by atoms with Crippen LogP contribution in [0.5, 0.6) is 0 Å². The Morgan fingerprint density at radius 1 is 0.893 bits per heavy atom. The summed E-state index contributed by atoms with van der Waals surface area (Å²) in [6.45, 7) is 4.81. The van der Waals surface area contributed by atoms with E-state index < -0.39 is 5.91 Å². The highest BCUT2D eigenvalue weighted by Crippen LogP contribution is 2.28. The molecule has 0 aromatic heterocycles. The van der Waals surface area contributed by atoms with Crippen LogP contribution in [-0.2, 0) is 16.0 Å². The van der Waals surface area contributed by atoms with Crippen LogP contribution >= 0.6 is 0 Å². The van der Waals surface area contributed by atoms with Crippen LogP contribution in [0.25, 0.3) is 0 Å². The number of nitrogens with zero attached hydrogens (tertiary/aromatic N) is 2. The molecule has 1 atom stereocenters. The minimum Gasteiger partial charge on any atom is -0.346 e. The van der Waals surface area contributed by atoms with Gasteiger partial charge in [-0.15, -0.1) is 0 Å². The lowest BCUT2D eigenvalue weighted by Gasteiger charge is -2.40. The second kappa shape index (κ2) is 9.08. The van der Waals surface area contributed by atoms with Crippen molar-refractivity contribution in [3.05, 3.63) is 35.9 Å². The molecule has 28 heavy (non-hydrogen) atoms. The molecule has 3 aliphatic rings. The summed E-state index contributed by atoms with van der Waals surface area (Å²) in [6, 6.07) is 10.3. The highest BCUT2D eigenvalue weighted by molar-refractivity contribution is 6.35. The fraction of sp³-hybridized carbons (Fsp3) is 0.652. The topological polar surface area (TPSA) is 52.7 Å². The van der Waals surface area contributed by atoms with E-state index in [1.807, 2.05) is 23.1 Å². The van der Waals surface area contributed by atoms with Crippen LogP contribution in [0.4, 0.5) is 0 Å². The number of piperazine rings is 1. The molecule has 5 heteroatoms. The molecule has 1 saturated carbocycles. The number of carbonyl (C=O) groups is 2. The number of carbonyl (C=O) groups excluding carboxylic acids is 2. The summed E-state index contributed by atoms with van der Waals surface area (Å²) >= 11 is 0. The summed E-state index contributed by atoms with van der Waals surface area (Å²) in [7, 11) is 0. The largest absolute Gasteiger partial charge is 0.346 e. The molecule has 2 heterocycles. The molecular formula is C23H33N3O2. The molecule has 152 valence electrons. The van der Waals surface area contributed by atoms with Crippen molar-refractivity contribution in [3.63, 3.8) is 0 Å². The van der Waals surface area contributed by atoms with E-state index in [0.717, 1.165) is 44.8 Å². The van der Waals surface area contributed by atoms with E-state index in [4.69, 9.17) is 0 Å². The molecule has 2 aliphatic heterocycles. The fourth-order valence-electron chi connectivity index (χ4n) is 5.18. The zero-order chi connectivity index (χ0) is 19.3. The Morgan fingerprint density at radius 2 is 1.57 bits per heavy atom. The normalized spacial score (nSPS) is 25.3. The van der Waals surface area contributed by atoms with Gasteiger partial charge >= 0.3 is 11.8 Å². The van der Waals surface area contributed by atoms with E-state index in [9.17, 15) is 9.59 Å². The molecule has 1 aromatic rings. The van der Waals surface area contributed by atoms with Crippen LogP contribution in [-0.4, -0.2) is 60.4 Å². The predicted molar refractivity (Wildman–Crippen MR) is 110 cm³/mol. The third-order valence-corrected chi connectivity index (χ3v) is 6.86. The van der Waals surface area contributed by atoms with E-state index in [1.54, 1.807) is 0 Å². The SMILES string of the molecule is O=C1NC[C@H](Cc2ccccc2)N(CC2CCN(CC3CCCC3)CC2)C1=O. The van der Waals surface area contributed by atoms with Gasteiger partial charge in [-0.3, -0.25) is 9.59 Å². The lowest BCUT2D eigenvalue weighted by molar-refractivity contribution is -0.151. The first kappa shape index (κ1) is 19.4. The second-order valence-electron chi connectivity index (χ2n) is 8.91. The standard InChI is InChI=1S/C23H33N3O2/c27-22-23(28)26(21(15-24-22)14-18-6-2-1-3-7-18)17-20-10-12-25(13-11-20)16-19-8-4-5-9-19/h1-3,6-7,19-21H,4-5,8-17H2,(H,24,27)/t21-/m0/s1. The first-order chi connectivity index (χ1) is 13.7. The maximum Gasteiger partial charge on any atom is 0.312 e. The Bertz CT molecular complexity index is 664. The smallest absolute Gasteiger partial charge is 0.312 e. The maximum atomic E-state index is 12.6. The molecule has 2 saturated heterocycles. The van der Waals surface area contributed by atoms with E-state index in [1.165, 1.54) is 37.8 Å². The molecule has 0 unspecified atom stereocenters. The molecule has 1 aliphatic carbocycles. The molecule has 0 radical (unpaired) electrons. The van der Waals surface area contributed by atoms with E-state index in [2.05, 4.69) is 22.3 Å². The van der Waals surface area contributed by atoms with Crippen LogP contribution in [0.3, 0.4) is 0 Å². The van der Waals surface area contributed by atoms with Crippen molar-refractivity contribution in [2.75, 3.05) is 32.7 Å². The van der Waals surface area contributed by atoms with Crippen LogP contribution in [0.2, 0.25) is 0 Å². The van der Waals surface area contributed by atoms with E-state index >= 15 is 0 Å². The summed E-state index contributed by atoms with van der Waals surface area (Å²) in [5, 5.41) is 2.78. The van der Waals surface area contributed by atoms with Gasteiger partial charge in [0, 0.05) is 19.6 Å². The summed E-state index contributed by atoms with van der Waals surface area (Å²) in [4.78, 5) is 29.1. The number of likely N-dealkylation sites (tertiary alicyclic amines) is 1. The Labute approximate surface area is 168 Å². The van der Waals surface area contributed by atoms with Gasteiger partial charge in [0.1, 0.15) is 0 Å². The van der Waals surface area contributed by atoms with Gasteiger partial charge in [0.25, 0.3) is 0 Å². The zero-order valence-electron chi connectivity index (χ0n) is 16.8. The molecule has 0 bridgehead atoms. The number of hydrogen-bond donors (Lipinski definition) is 1. The number of nitrogens with one attached hydrogen (secondary N) is 1. The third kappa shape index (κ3) is 4.75. The lowest BCUT2D eigenvalue weighted by Crippen LogP contribution is -2.60. The molecule has 0 spiro atoms. The van der Waals surface area contributed by atoms with Crippen molar-refractivity contribution in [1.29, 1.82) is 0 Å². The Balaban J connectivity index is 1.32. The van der Waals surface area contributed by atoms with Gasteiger partial charge in [-0.05, 0) is 62.6 Å². The molecule has 3 fully saturated rings. The van der Waals surface area contributed by atoms with Crippen molar-refractivity contribution < 1.29 is 9.59 Å². The van der Waals surface area contributed by atoms with Gasteiger partial charge in [0.2, 0.25) is 0 Å². The second-order valence-corrected chi connectivity index (χ2v) is 8.91. The third-order valence-electron chi connectivity index (χ3n) is 6.86. The van der Waals surface area contributed by atoms with Gasteiger partial charge in [0.05, 0.1) is 6.04 Å². The van der Waals surface area contributed by atoms with Crippen LogP contribution in [0.1, 0.15) is 44.1 Å². The van der Waals surface area contributed by atoms with Crippen molar-refractivity contribution in [3.8, 4) is 0 Å². The zero-order valence-corrected chi connectivity index (χ0v) is 16.8. The minimum atomic E-state index is -0.442. The van der Waals surface area contributed by atoms with Crippen molar-refractivity contribution >= 4 is 11.8 Å². The predicted octanol–water partition coefficient (Wildman–Crippen LogP) is 2.46. The van der Waals surface area contributed by atoms with Gasteiger partial charge < -0.3 is 15.1 Å². The minimum absolute atomic E-state index is 0.0594. The first-order valence-electron chi connectivity index (χ1n) is 11.0. The summed E-state index contributed by atoms with van der Waals surface area (Å²) in [5.74, 6) is 0.621. The van der Waals surface area contributed by atoms with Crippen LogP contribution in [0, 0.1) is 11.8 Å². The average molecular weight is 384 g/mol. The molecule has 4 rings (SSSR count). The van der Waals surface area contributed by atoms with E-state index in [0.29, 0.717) is 12.5 Å². The quantitative estimate of drug-likeness (QED) is 0.768. The highest BCUT2D eigenvalue weighted by Gasteiger charge is 2.36. The van der Waals surface area contributed by atoms with Gasteiger partial charge in [-0.25, -0.2) is 0 Å². The van der Waals surface area contributed by atoms with Gasteiger partial charge in [-0.2, -0.15) is 0 Å². The fourth-order valence-corrected chi connectivity index (χ4v) is 5.18. The Kier molecular flexibility index (Phi) is 6.30. The number of rotatable bonds is 6. The van der Waals surface area contributed by atoms with Crippen molar-refractivity contribution in [1.82, 2.24) is 15.1 Å². The monoisotopic (exact) mass is 383 g/mol.